The van der Waals surface area contributed by atoms with E-state index in [1.165, 1.54) is 29.5 Å². The van der Waals surface area contributed by atoms with Crippen molar-refractivity contribution in [2.45, 2.75) is 44.1 Å². The van der Waals surface area contributed by atoms with Gasteiger partial charge < -0.3 is 9.51 Å². The average Bonchev–Trinajstić information content (AvgIpc) is 3.65. The van der Waals surface area contributed by atoms with E-state index in [9.17, 15) is 9.90 Å². The summed E-state index contributed by atoms with van der Waals surface area (Å²) in [6.07, 6.45) is 7.16. The van der Waals surface area contributed by atoms with E-state index in [0.29, 0.717) is 29.0 Å². The van der Waals surface area contributed by atoms with Crippen molar-refractivity contribution in [2.75, 3.05) is 4.90 Å². The number of imidazole rings is 1. The molecule has 6 rings (SSSR count). The Morgan fingerprint density at radius 3 is 2.73 bits per heavy atom. The van der Waals surface area contributed by atoms with Crippen molar-refractivity contribution in [1.29, 1.82) is 0 Å². The molecule has 2 aliphatic carbocycles. The van der Waals surface area contributed by atoms with Crippen LogP contribution in [0.5, 0.6) is 0 Å². The van der Waals surface area contributed by atoms with E-state index in [-0.39, 0.29) is 11.7 Å². The zero-order valence-corrected chi connectivity index (χ0v) is 16.8. The van der Waals surface area contributed by atoms with Crippen LogP contribution in [0.15, 0.2) is 36.7 Å². The summed E-state index contributed by atoms with van der Waals surface area (Å²) in [5, 5.41) is 14.6. The Morgan fingerprint density at radius 2 is 2.00 bits per heavy atom. The van der Waals surface area contributed by atoms with E-state index in [2.05, 4.69) is 25.5 Å². The number of aromatic nitrogens is 5. The summed E-state index contributed by atoms with van der Waals surface area (Å²) in [7, 11) is 0. The zero-order chi connectivity index (χ0) is 20.4. The molecule has 0 atom stereocenters. The minimum Gasteiger partial charge on any atom is -0.465 e. The Hall–Kier alpha value is -3.13. The second kappa shape index (κ2) is 6.43. The van der Waals surface area contributed by atoms with Crippen LogP contribution in [0.4, 0.5) is 10.6 Å². The van der Waals surface area contributed by atoms with Crippen LogP contribution < -0.4 is 4.90 Å². The van der Waals surface area contributed by atoms with Gasteiger partial charge in [0, 0.05) is 23.5 Å². The number of rotatable bonds is 5. The molecule has 0 radical (unpaired) electrons. The molecule has 4 aromatic heterocycles. The summed E-state index contributed by atoms with van der Waals surface area (Å²) in [5.74, 6) is 1.36. The van der Waals surface area contributed by atoms with Crippen LogP contribution in [0.3, 0.4) is 0 Å². The Labute approximate surface area is 176 Å². The average molecular weight is 423 g/mol. The normalized spacial score (nSPS) is 16.4. The molecule has 152 valence electrons. The molecule has 1 amide bonds. The SMILES string of the molecule is O=C(O)N(Cc1cn2c(C3CC3)cccc2n1)c1cc(Cl)nc2c(C3CC3)cnn12. The van der Waals surface area contributed by atoms with Crippen LogP contribution in [0.2, 0.25) is 5.15 Å². The first kappa shape index (κ1) is 17.7. The van der Waals surface area contributed by atoms with Crippen molar-refractivity contribution in [2.24, 2.45) is 0 Å². The summed E-state index contributed by atoms with van der Waals surface area (Å²) in [6.45, 7) is 0.0924. The van der Waals surface area contributed by atoms with Crippen LogP contribution in [-0.2, 0) is 6.54 Å². The highest BCUT2D eigenvalue weighted by Gasteiger charge is 2.30. The van der Waals surface area contributed by atoms with Gasteiger partial charge in [-0.2, -0.15) is 9.61 Å². The molecule has 0 aliphatic heterocycles. The molecule has 9 heteroatoms. The maximum Gasteiger partial charge on any atom is 0.413 e. The quantitative estimate of drug-likeness (QED) is 0.479. The van der Waals surface area contributed by atoms with E-state index in [1.807, 2.05) is 18.3 Å². The van der Waals surface area contributed by atoms with Crippen LogP contribution in [0, 0.1) is 0 Å². The second-order valence-electron chi connectivity index (χ2n) is 8.10. The highest BCUT2D eigenvalue weighted by atomic mass is 35.5. The second-order valence-corrected chi connectivity index (χ2v) is 8.49. The largest absolute Gasteiger partial charge is 0.465 e. The van der Waals surface area contributed by atoms with Gasteiger partial charge in [-0.05, 0) is 49.7 Å². The fourth-order valence-corrected chi connectivity index (χ4v) is 4.27. The molecule has 0 saturated heterocycles. The lowest BCUT2D eigenvalue weighted by atomic mass is 10.2. The van der Waals surface area contributed by atoms with Gasteiger partial charge in [-0.15, -0.1) is 0 Å². The van der Waals surface area contributed by atoms with Gasteiger partial charge in [0.15, 0.2) is 5.65 Å². The summed E-state index contributed by atoms with van der Waals surface area (Å²) >= 11 is 6.26. The first-order valence-corrected chi connectivity index (χ1v) is 10.5. The third-order valence-electron chi connectivity index (χ3n) is 5.86. The monoisotopic (exact) mass is 422 g/mol. The Balaban J connectivity index is 1.42. The van der Waals surface area contributed by atoms with Gasteiger partial charge in [-0.3, -0.25) is 4.90 Å². The van der Waals surface area contributed by atoms with E-state index in [0.717, 1.165) is 24.1 Å². The number of anilines is 1. The lowest BCUT2D eigenvalue weighted by molar-refractivity contribution is 0.201. The van der Waals surface area contributed by atoms with Crippen molar-refractivity contribution in [3.8, 4) is 0 Å². The van der Waals surface area contributed by atoms with Crippen LogP contribution in [-0.4, -0.2) is 35.2 Å². The van der Waals surface area contributed by atoms with Crippen molar-refractivity contribution in [1.82, 2.24) is 24.0 Å². The first-order chi connectivity index (χ1) is 14.6. The van der Waals surface area contributed by atoms with Gasteiger partial charge in [0.25, 0.3) is 0 Å². The standard InChI is InChI=1S/C21H19ClN6O2/c22-17-8-19(28-20(25-17)15(9-23-28)12-4-5-12)27(21(29)30)11-14-10-26-16(13-6-7-13)2-1-3-18(26)24-14/h1-3,8-10,12-13H,4-7,11H2,(H,29,30). The van der Waals surface area contributed by atoms with Gasteiger partial charge >= 0.3 is 6.09 Å². The number of carbonyl (C=O) groups is 1. The molecule has 4 aromatic rings. The number of hydrogen-bond donors (Lipinski definition) is 1. The molecule has 0 aromatic carbocycles. The topological polar surface area (TPSA) is 88.0 Å². The first-order valence-electron chi connectivity index (χ1n) is 10.1. The molecular weight excluding hydrogens is 404 g/mol. The molecule has 0 unspecified atom stereocenters. The van der Waals surface area contributed by atoms with E-state index >= 15 is 0 Å². The van der Waals surface area contributed by atoms with Crippen LogP contribution in [0.25, 0.3) is 11.3 Å². The molecule has 1 N–H and O–H groups in total. The number of carboxylic acid groups (broad SMARTS) is 1. The zero-order valence-electron chi connectivity index (χ0n) is 16.1. The molecule has 4 heterocycles. The van der Waals surface area contributed by atoms with Gasteiger partial charge in [0.2, 0.25) is 0 Å². The lowest BCUT2D eigenvalue weighted by Crippen LogP contribution is -2.31. The van der Waals surface area contributed by atoms with Gasteiger partial charge in [-0.1, -0.05) is 17.7 Å². The van der Waals surface area contributed by atoms with E-state index < -0.39 is 6.09 Å². The number of pyridine rings is 1. The van der Waals surface area contributed by atoms with Crippen molar-refractivity contribution in [3.63, 3.8) is 0 Å². The minimum absolute atomic E-state index is 0.0924. The lowest BCUT2D eigenvalue weighted by Gasteiger charge is -2.19. The Morgan fingerprint density at radius 1 is 1.20 bits per heavy atom. The summed E-state index contributed by atoms with van der Waals surface area (Å²) in [4.78, 5) is 22.5. The molecule has 0 spiro atoms. The van der Waals surface area contributed by atoms with E-state index in [4.69, 9.17) is 11.6 Å². The number of nitrogens with zero attached hydrogens (tertiary/aromatic N) is 6. The third-order valence-corrected chi connectivity index (χ3v) is 6.06. The Kier molecular flexibility index (Phi) is 3.80. The van der Waals surface area contributed by atoms with Gasteiger partial charge in [0.05, 0.1) is 18.4 Å². The molecule has 30 heavy (non-hydrogen) atoms. The van der Waals surface area contributed by atoms with Gasteiger partial charge in [-0.25, -0.2) is 14.8 Å². The molecular formula is C21H19ClN6O2. The number of halogens is 1. The number of fused-ring (bicyclic) bond motifs is 2. The van der Waals surface area contributed by atoms with Gasteiger partial charge in [0.1, 0.15) is 16.6 Å². The third kappa shape index (κ3) is 2.90. The maximum absolute atomic E-state index is 12.2. The molecule has 2 saturated carbocycles. The van der Waals surface area contributed by atoms with Crippen molar-refractivity contribution in [3.05, 3.63) is 58.8 Å². The summed E-state index contributed by atoms with van der Waals surface area (Å²) in [6, 6.07) is 7.60. The number of hydrogen-bond acceptors (Lipinski definition) is 4. The highest BCUT2D eigenvalue weighted by molar-refractivity contribution is 6.29. The van der Waals surface area contributed by atoms with E-state index in [1.54, 1.807) is 10.7 Å². The van der Waals surface area contributed by atoms with Crippen molar-refractivity contribution >= 4 is 34.8 Å². The predicted molar refractivity (Wildman–Crippen MR) is 111 cm³/mol. The van der Waals surface area contributed by atoms with Crippen LogP contribution >= 0.6 is 11.6 Å². The Bertz CT molecular complexity index is 1300. The minimum atomic E-state index is -1.10. The molecule has 2 fully saturated rings. The summed E-state index contributed by atoms with van der Waals surface area (Å²) in [5.41, 5.74) is 4.36. The smallest absolute Gasteiger partial charge is 0.413 e. The molecule has 0 bridgehead atoms. The predicted octanol–water partition coefficient (Wildman–Crippen LogP) is 4.47. The fourth-order valence-electron chi connectivity index (χ4n) is 4.09. The fraction of sp³-hybridized carbons (Fsp3) is 0.333. The molecule has 8 nitrogen and oxygen atoms in total. The van der Waals surface area contributed by atoms with Crippen molar-refractivity contribution < 1.29 is 9.90 Å². The summed E-state index contributed by atoms with van der Waals surface area (Å²) < 4.78 is 3.64. The van der Waals surface area contributed by atoms with Crippen LogP contribution in [0.1, 0.15) is 54.5 Å². The molecule has 2 aliphatic rings. The maximum atomic E-state index is 12.2. The highest BCUT2D eigenvalue weighted by Crippen LogP contribution is 2.42. The number of amides is 1.